The van der Waals surface area contributed by atoms with E-state index in [1.807, 2.05) is 24.3 Å². The molecular weight excluding hydrogens is 307 g/mol. The standard InChI is InChI=1S/C18H15FN4O/c19-15-7-13(15)18(24)23-17-6-12-4-11(10-2-1-3-21-8-10)5-16(20)14(12)9-22-17/h1-6,8-9,13,15H,7,20H2,(H,22,23,24)/t13-,15+/m1/s1. The molecule has 1 fully saturated rings. The van der Waals surface area contributed by atoms with Crippen LogP contribution in [0.15, 0.2) is 48.9 Å². The number of carbonyl (C=O) groups excluding carboxylic acids is 1. The lowest BCUT2D eigenvalue weighted by molar-refractivity contribution is -0.117. The highest BCUT2D eigenvalue weighted by atomic mass is 19.1. The molecule has 1 aliphatic carbocycles. The van der Waals surface area contributed by atoms with Gasteiger partial charge in [-0.2, -0.15) is 0 Å². The van der Waals surface area contributed by atoms with E-state index in [0.717, 1.165) is 21.9 Å². The highest BCUT2D eigenvalue weighted by molar-refractivity contribution is 6.00. The summed E-state index contributed by atoms with van der Waals surface area (Å²) >= 11 is 0. The first kappa shape index (κ1) is 14.6. The molecule has 24 heavy (non-hydrogen) atoms. The summed E-state index contributed by atoms with van der Waals surface area (Å²) < 4.78 is 13.0. The van der Waals surface area contributed by atoms with Gasteiger partial charge >= 0.3 is 0 Å². The molecule has 6 heteroatoms. The molecule has 3 N–H and O–H groups in total. The number of nitrogens with two attached hydrogens (primary N) is 1. The fraction of sp³-hybridized carbons (Fsp3) is 0.167. The zero-order chi connectivity index (χ0) is 16.7. The molecular formula is C18H15FN4O. The molecule has 4 rings (SSSR count). The first-order valence-corrected chi connectivity index (χ1v) is 7.66. The van der Waals surface area contributed by atoms with Crippen LogP contribution in [-0.4, -0.2) is 22.0 Å². The van der Waals surface area contributed by atoms with E-state index < -0.39 is 12.1 Å². The predicted molar refractivity (Wildman–Crippen MR) is 91.0 cm³/mol. The quantitative estimate of drug-likeness (QED) is 0.726. The van der Waals surface area contributed by atoms with Gasteiger partial charge in [0.05, 0.1) is 5.92 Å². The van der Waals surface area contributed by atoms with Gasteiger partial charge in [-0.05, 0) is 41.6 Å². The molecule has 0 aliphatic heterocycles. The molecule has 2 aromatic heterocycles. The highest BCUT2D eigenvalue weighted by Crippen LogP contribution is 2.35. The molecule has 3 aromatic rings. The van der Waals surface area contributed by atoms with Crippen LogP contribution in [0.1, 0.15) is 6.42 Å². The smallest absolute Gasteiger partial charge is 0.231 e. The van der Waals surface area contributed by atoms with Crippen molar-refractivity contribution in [3.63, 3.8) is 0 Å². The second kappa shape index (κ2) is 5.56. The van der Waals surface area contributed by atoms with Gasteiger partial charge in [-0.25, -0.2) is 9.37 Å². The van der Waals surface area contributed by atoms with Crippen LogP contribution < -0.4 is 11.1 Å². The number of alkyl halides is 1. The average molecular weight is 322 g/mol. The van der Waals surface area contributed by atoms with Gasteiger partial charge in [-0.1, -0.05) is 6.07 Å². The fourth-order valence-corrected chi connectivity index (χ4v) is 2.71. The van der Waals surface area contributed by atoms with Crippen LogP contribution in [0, 0.1) is 5.92 Å². The van der Waals surface area contributed by atoms with Crippen molar-refractivity contribution in [2.45, 2.75) is 12.6 Å². The summed E-state index contributed by atoms with van der Waals surface area (Å²) in [7, 11) is 0. The Morgan fingerprint density at radius 1 is 1.25 bits per heavy atom. The van der Waals surface area contributed by atoms with Crippen LogP contribution >= 0.6 is 0 Å². The highest BCUT2D eigenvalue weighted by Gasteiger charge is 2.43. The minimum atomic E-state index is -1.03. The van der Waals surface area contributed by atoms with E-state index in [2.05, 4.69) is 15.3 Å². The number of carbonyl (C=O) groups is 1. The number of hydrogen-bond acceptors (Lipinski definition) is 4. The minimum absolute atomic E-state index is 0.289. The fourth-order valence-electron chi connectivity index (χ4n) is 2.71. The van der Waals surface area contributed by atoms with Gasteiger partial charge < -0.3 is 11.1 Å². The number of amides is 1. The Kier molecular flexibility index (Phi) is 3.37. The Hall–Kier alpha value is -3.02. The monoisotopic (exact) mass is 322 g/mol. The Balaban J connectivity index is 1.71. The average Bonchev–Trinajstić information content (AvgIpc) is 3.32. The van der Waals surface area contributed by atoms with Gasteiger partial charge in [0, 0.05) is 35.2 Å². The summed E-state index contributed by atoms with van der Waals surface area (Å²) in [4.78, 5) is 20.2. The van der Waals surface area contributed by atoms with Crippen LogP contribution in [0.25, 0.3) is 21.9 Å². The molecule has 0 bridgehead atoms. The minimum Gasteiger partial charge on any atom is -0.398 e. The van der Waals surface area contributed by atoms with Crippen molar-refractivity contribution < 1.29 is 9.18 Å². The molecule has 2 heterocycles. The third kappa shape index (κ3) is 2.67. The Morgan fingerprint density at radius 2 is 2.08 bits per heavy atom. The summed E-state index contributed by atoms with van der Waals surface area (Å²) in [5.41, 5.74) is 8.61. The van der Waals surface area contributed by atoms with Gasteiger partial charge in [-0.3, -0.25) is 9.78 Å². The number of nitrogen functional groups attached to an aromatic ring is 1. The van der Waals surface area contributed by atoms with Crippen LogP contribution in [0.3, 0.4) is 0 Å². The number of anilines is 2. The van der Waals surface area contributed by atoms with E-state index in [9.17, 15) is 9.18 Å². The number of halogens is 1. The van der Waals surface area contributed by atoms with Gasteiger partial charge in [0.2, 0.25) is 5.91 Å². The van der Waals surface area contributed by atoms with Crippen molar-refractivity contribution in [3.05, 3.63) is 48.9 Å². The number of nitrogens with one attached hydrogen (secondary N) is 1. The van der Waals surface area contributed by atoms with Crippen molar-refractivity contribution >= 4 is 28.2 Å². The molecule has 0 saturated heterocycles. The number of aromatic nitrogens is 2. The van der Waals surface area contributed by atoms with Crippen LogP contribution in [0.5, 0.6) is 0 Å². The predicted octanol–water partition coefficient (Wildman–Crippen LogP) is 3.18. The normalized spacial score (nSPS) is 19.2. The Labute approximate surface area is 137 Å². The maximum absolute atomic E-state index is 13.0. The summed E-state index contributed by atoms with van der Waals surface area (Å²) in [6.07, 6.45) is 4.35. The van der Waals surface area contributed by atoms with Crippen molar-refractivity contribution in [1.29, 1.82) is 0 Å². The number of hydrogen-bond donors (Lipinski definition) is 2. The van der Waals surface area contributed by atoms with E-state index >= 15 is 0 Å². The lowest BCUT2D eigenvalue weighted by atomic mass is 10.0. The largest absolute Gasteiger partial charge is 0.398 e. The van der Waals surface area contributed by atoms with E-state index in [1.54, 1.807) is 24.7 Å². The second-order valence-electron chi connectivity index (χ2n) is 5.95. The Bertz CT molecular complexity index is 929. The van der Waals surface area contributed by atoms with Gasteiger partial charge in [0.25, 0.3) is 0 Å². The molecule has 1 saturated carbocycles. The molecule has 2 atom stereocenters. The van der Waals surface area contributed by atoms with E-state index in [-0.39, 0.29) is 12.3 Å². The third-order valence-corrected chi connectivity index (χ3v) is 4.16. The first-order chi connectivity index (χ1) is 11.6. The second-order valence-corrected chi connectivity index (χ2v) is 5.95. The van der Waals surface area contributed by atoms with E-state index in [4.69, 9.17) is 5.73 Å². The number of rotatable bonds is 3. The topological polar surface area (TPSA) is 80.9 Å². The maximum Gasteiger partial charge on any atom is 0.231 e. The molecule has 1 amide bonds. The van der Waals surface area contributed by atoms with E-state index in [0.29, 0.717) is 11.5 Å². The molecule has 120 valence electrons. The molecule has 1 aromatic carbocycles. The van der Waals surface area contributed by atoms with Crippen molar-refractivity contribution in [3.8, 4) is 11.1 Å². The summed E-state index contributed by atoms with van der Waals surface area (Å²) in [5, 5.41) is 4.32. The number of fused-ring (bicyclic) bond motifs is 1. The maximum atomic E-state index is 13.0. The SMILES string of the molecule is Nc1cc(-c2cccnc2)cc2cc(NC(=O)[C@@H]3C[C@@H]3F)ncc12. The van der Waals surface area contributed by atoms with Crippen molar-refractivity contribution in [2.24, 2.45) is 5.92 Å². The Morgan fingerprint density at radius 3 is 2.79 bits per heavy atom. The molecule has 5 nitrogen and oxygen atoms in total. The number of benzene rings is 1. The zero-order valence-electron chi connectivity index (χ0n) is 12.7. The lowest BCUT2D eigenvalue weighted by Gasteiger charge is -2.09. The molecule has 0 unspecified atom stereocenters. The van der Waals surface area contributed by atoms with Crippen LogP contribution in [0.4, 0.5) is 15.9 Å². The van der Waals surface area contributed by atoms with Crippen molar-refractivity contribution in [2.75, 3.05) is 11.1 Å². The van der Waals surface area contributed by atoms with Gasteiger partial charge in [0.1, 0.15) is 12.0 Å². The van der Waals surface area contributed by atoms with Gasteiger partial charge in [0.15, 0.2) is 0 Å². The number of pyridine rings is 2. The third-order valence-electron chi connectivity index (χ3n) is 4.16. The molecule has 0 spiro atoms. The molecule has 0 radical (unpaired) electrons. The van der Waals surface area contributed by atoms with Crippen LogP contribution in [-0.2, 0) is 4.79 Å². The zero-order valence-corrected chi connectivity index (χ0v) is 12.7. The number of nitrogens with zero attached hydrogens (tertiary/aromatic N) is 2. The molecule has 1 aliphatic rings. The summed E-state index contributed by atoms with van der Waals surface area (Å²) in [6, 6.07) is 9.40. The van der Waals surface area contributed by atoms with E-state index in [1.165, 1.54) is 0 Å². The summed E-state index contributed by atoms with van der Waals surface area (Å²) in [5.74, 6) is -0.477. The lowest BCUT2D eigenvalue weighted by Crippen LogP contribution is -2.15. The van der Waals surface area contributed by atoms with Crippen LogP contribution in [0.2, 0.25) is 0 Å². The van der Waals surface area contributed by atoms with Crippen molar-refractivity contribution in [1.82, 2.24) is 9.97 Å². The summed E-state index contributed by atoms with van der Waals surface area (Å²) in [6.45, 7) is 0. The van der Waals surface area contributed by atoms with Gasteiger partial charge in [-0.15, -0.1) is 0 Å². The first-order valence-electron chi connectivity index (χ1n) is 7.66.